The summed E-state index contributed by atoms with van der Waals surface area (Å²) in [4.78, 5) is 0. The third-order valence-corrected chi connectivity index (χ3v) is 10.7. The average molecular weight is 495 g/mol. The van der Waals surface area contributed by atoms with Crippen LogP contribution in [0.3, 0.4) is 0 Å². The van der Waals surface area contributed by atoms with Crippen molar-refractivity contribution in [3.8, 4) is 22.4 Å². The van der Waals surface area contributed by atoms with Gasteiger partial charge in [-0.15, -0.1) is 0 Å². The van der Waals surface area contributed by atoms with Crippen LogP contribution >= 0.6 is 6.89 Å². The van der Waals surface area contributed by atoms with E-state index in [9.17, 15) is 0 Å². The second-order valence-electron chi connectivity index (χ2n) is 8.95. The number of nitrogens with one attached hydrogen (secondary N) is 1. The Morgan fingerprint density at radius 2 is 0.838 bits per heavy atom. The van der Waals surface area contributed by atoms with Gasteiger partial charge in [0.1, 0.15) is 5.69 Å². The average Bonchev–Trinajstić information content (AvgIpc) is 3.41. The number of aromatic nitrogens is 2. The Balaban J connectivity index is 1.73. The van der Waals surface area contributed by atoms with E-state index in [0.717, 1.165) is 28.1 Å². The smallest absolute Gasteiger partial charge is 0.101 e. The maximum absolute atomic E-state index is 4.89. The minimum atomic E-state index is -2.20. The lowest BCUT2D eigenvalue weighted by Crippen LogP contribution is -2.27. The van der Waals surface area contributed by atoms with Crippen LogP contribution in [0.2, 0.25) is 0 Å². The maximum Gasteiger partial charge on any atom is 0.101 e. The second kappa shape index (κ2) is 10.3. The van der Waals surface area contributed by atoms with E-state index in [0.29, 0.717) is 0 Å². The van der Waals surface area contributed by atoms with Crippen LogP contribution in [-0.4, -0.2) is 16.0 Å². The number of rotatable bonds is 6. The summed E-state index contributed by atoms with van der Waals surface area (Å²) in [5.41, 5.74) is 5.37. The van der Waals surface area contributed by atoms with Crippen LogP contribution in [0.4, 0.5) is 0 Å². The second-order valence-corrected chi connectivity index (χ2v) is 12.2. The summed E-state index contributed by atoms with van der Waals surface area (Å²) in [7, 11) is 0. The summed E-state index contributed by atoms with van der Waals surface area (Å²) in [5, 5.41) is 12.3. The van der Waals surface area contributed by atoms with Crippen LogP contribution in [-0.2, 0) is 0 Å². The molecule has 0 unspecified atom stereocenters. The van der Waals surface area contributed by atoms with Crippen LogP contribution < -0.4 is 15.9 Å². The largest absolute Gasteiger partial charge is 0.277 e. The van der Waals surface area contributed by atoms with Crippen LogP contribution in [0, 0.1) is 0 Å². The quantitative estimate of drug-likeness (QED) is 0.251. The first-order chi connectivity index (χ1) is 18.4. The van der Waals surface area contributed by atoms with Gasteiger partial charge in [0.05, 0.1) is 5.69 Å². The fourth-order valence-corrected chi connectivity index (χ4v) is 8.85. The molecule has 1 heterocycles. The van der Waals surface area contributed by atoms with E-state index in [1.165, 1.54) is 15.9 Å². The normalized spacial score (nSPS) is 11.2. The van der Waals surface area contributed by atoms with Gasteiger partial charge in [-0.1, -0.05) is 152 Å². The molecule has 3 heteroatoms. The highest BCUT2D eigenvalue weighted by Gasteiger charge is 2.27. The molecule has 178 valence electrons. The summed E-state index contributed by atoms with van der Waals surface area (Å²) in [6.45, 7) is -2.20. The fourth-order valence-electron chi connectivity index (χ4n) is 5.00. The summed E-state index contributed by atoms with van der Waals surface area (Å²) >= 11 is 0. The number of hydrogen-bond donors (Lipinski definition) is 1. The van der Waals surface area contributed by atoms with Gasteiger partial charge in [-0.25, -0.2) is 0 Å². The molecule has 0 radical (unpaired) electrons. The maximum atomic E-state index is 4.89. The van der Waals surface area contributed by atoms with Crippen molar-refractivity contribution in [2.24, 2.45) is 0 Å². The Morgan fingerprint density at radius 3 is 1.27 bits per heavy atom. The molecule has 0 amide bonds. The van der Waals surface area contributed by atoms with E-state index in [-0.39, 0.29) is 0 Å². The lowest BCUT2D eigenvalue weighted by Gasteiger charge is -2.28. The first-order valence-electron chi connectivity index (χ1n) is 12.5. The summed E-state index contributed by atoms with van der Waals surface area (Å²) in [6.07, 6.45) is 0. The van der Waals surface area contributed by atoms with Crippen molar-refractivity contribution in [3.05, 3.63) is 157 Å². The molecular formula is C34H27N2P. The topological polar surface area (TPSA) is 28.7 Å². The molecule has 0 bridgehead atoms. The van der Waals surface area contributed by atoms with Crippen LogP contribution in [0.15, 0.2) is 152 Å². The zero-order valence-corrected chi connectivity index (χ0v) is 21.3. The highest BCUT2D eigenvalue weighted by atomic mass is 31.2. The molecule has 6 rings (SSSR count). The van der Waals surface area contributed by atoms with Gasteiger partial charge < -0.3 is 0 Å². The first kappa shape index (κ1) is 23.0. The molecule has 0 atom stereocenters. The fraction of sp³-hybridized carbons (Fsp3) is 0. The Hall–Kier alpha value is -4.39. The minimum absolute atomic E-state index is 0.963. The van der Waals surface area contributed by atoms with E-state index < -0.39 is 6.89 Å². The molecule has 37 heavy (non-hydrogen) atoms. The van der Waals surface area contributed by atoms with Crippen molar-refractivity contribution in [3.63, 3.8) is 0 Å². The van der Waals surface area contributed by atoms with Gasteiger partial charge in [-0.3, -0.25) is 5.10 Å². The highest BCUT2D eigenvalue weighted by Crippen LogP contribution is 2.45. The monoisotopic (exact) mass is 494 g/mol. The lowest BCUT2D eigenvalue weighted by atomic mass is 9.99. The van der Waals surface area contributed by atoms with E-state index in [1.54, 1.807) is 0 Å². The van der Waals surface area contributed by atoms with Crippen molar-refractivity contribution in [2.45, 2.75) is 0 Å². The van der Waals surface area contributed by atoms with Gasteiger partial charge in [0.25, 0.3) is 0 Å². The third kappa shape index (κ3) is 4.37. The molecule has 5 aromatic carbocycles. The van der Waals surface area contributed by atoms with Crippen molar-refractivity contribution >= 4 is 28.6 Å². The van der Waals surface area contributed by atoms with Crippen molar-refractivity contribution in [1.29, 1.82) is 0 Å². The Labute approximate surface area is 218 Å². The lowest BCUT2D eigenvalue weighted by molar-refractivity contribution is 1.09. The van der Waals surface area contributed by atoms with E-state index in [4.69, 9.17) is 5.10 Å². The Bertz CT molecular complexity index is 1540. The molecule has 0 aliphatic carbocycles. The molecule has 6 aromatic rings. The minimum Gasteiger partial charge on any atom is -0.277 e. The van der Waals surface area contributed by atoms with Gasteiger partial charge in [0.2, 0.25) is 0 Å². The Kier molecular flexibility index (Phi) is 6.42. The molecule has 0 saturated heterocycles. The predicted octanol–water partition coefficient (Wildman–Crippen LogP) is 6.89. The molecule has 0 saturated carbocycles. The van der Waals surface area contributed by atoms with Crippen LogP contribution in [0.1, 0.15) is 5.69 Å². The zero-order chi connectivity index (χ0) is 24.9. The molecule has 1 aromatic heterocycles. The standard InChI is InChI=1S/C34H27N2P/c1-6-16-27(17-7-1)33-32(35-36-34(33)28-18-8-2-9-19-28)26-37(29-20-10-3-11-21-29,30-22-12-4-13-23-30)31-24-14-5-15-25-31/h1-26H,(H,35,36). The van der Waals surface area contributed by atoms with Gasteiger partial charge >= 0.3 is 0 Å². The number of hydrogen-bond acceptors (Lipinski definition) is 1. The number of benzene rings is 5. The van der Waals surface area contributed by atoms with Crippen LogP contribution in [0.25, 0.3) is 22.4 Å². The van der Waals surface area contributed by atoms with Crippen molar-refractivity contribution in [1.82, 2.24) is 10.2 Å². The number of nitrogens with zero attached hydrogens (tertiary/aromatic N) is 1. The van der Waals surface area contributed by atoms with E-state index >= 15 is 0 Å². The number of H-pyrrole nitrogens is 1. The van der Waals surface area contributed by atoms with E-state index in [2.05, 4.69) is 156 Å². The Morgan fingerprint density at radius 1 is 0.459 bits per heavy atom. The number of aromatic amines is 1. The van der Waals surface area contributed by atoms with Gasteiger partial charge in [0.15, 0.2) is 0 Å². The molecule has 0 fully saturated rings. The molecule has 0 spiro atoms. The molecule has 0 aliphatic heterocycles. The van der Waals surface area contributed by atoms with Gasteiger partial charge in [0, 0.05) is 11.1 Å². The van der Waals surface area contributed by atoms with Crippen molar-refractivity contribution < 1.29 is 0 Å². The van der Waals surface area contributed by atoms with Crippen molar-refractivity contribution in [2.75, 3.05) is 0 Å². The summed E-state index contributed by atoms with van der Waals surface area (Å²) in [5.74, 6) is 2.47. The molecule has 0 aliphatic rings. The molecule has 2 nitrogen and oxygen atoms in total. The van der Waals surface area contributed by atoms with Crippen LogP contribution in [0.5, 0.6) is 0 Å². The SMILES string of the molecule is C(c1[nH]nc(-c2ccccc2)c1-c1ccccc1)=P(c1ccccc1)(c1ccccc1)c1ccccc1. The first-order valence-corrected chi connectivity index (χ1v) is 14.3. The van der Waals surface area contributed by atoms with Gasteiger partial charge in [-0.2, -0.15) is 5.10 Å². The molecular weight excluding hydrogens is 467 g/mol. The van der Waals surface area contributed by atoms with Gasteiger partial charge in [-0.05, 0) is 34.2 Å². The summed E-state index contributed by atoms with van der Waals surface area (Å²) in [6, 6.07) is 53.7. The summed E-state index contributed by atoms with van der Waals surface area (Å²) < 4.78 is 0. The predicted molar refractivity (Wildman–Crippen MR) is 160 cm³/mol. The van der Waals surface area contributed by atoms with E-state index in [1.807, 2.05) is 6.07 Å². The highest BCUT2D eigenvalue weighted by molar-refractivity contribution is 7.94. The third-order valence-electron chi connectivity index (χ3n) is 6.72. The zero-order valence-electron chi connectivity index (χ0n) is 20.4. The molecule has 1 N–H and O–H groups in total.